The van der Waals surface area contributed by atoms with Crippen molar-refractivity contribution < 1.29 is 19.1 Å². The molecule has 5 rings (SSSR count). The predicted molar refractivity (Wildman–Crippen MR) is 127 cm³/mol. The maximum absolute atomic E-state index is 13.1. The van der Waals surface area contributed by atoms with Crippen molar-refractivity contribution in [2.24, 2.45) is 5.92 Å². The van der Waals surface area contributed by atoms with Crippen LogP contribution in [0.2, 0.25) is 0 Å². The van der Waals surface area contributed by atoms with E-state index in [0.29, 0.717) is 57.3 Å². The molecular formula is C26H30N4O4. The van der Waals surface area contributed by atoms with Crippen molar-refractivity contribution in [1.82, 2.24) is 19.2 Å². The molecule has 0 radical (unpaired) electrons. The normalized spacial score (nSPS) is 18.8. The van der Waals surface area contributed by atoms with Gasteiger partial charge in [-0.25, -0.2) is 4.98 Å². The molecule has 178 valence electrons. The topological polar surface area (TPSA) is 76.4 Å². The summed E-state index contributed by atoms with van der Waals surface area (Å²) in [6.45, 7) is 5.99. The minimum atomic E-state index is -0.132. The van der Waals surface area contributed by atoms with E-state index in [0.717, 1.165) is 29.7 Å². The SMILES string of the molecule is Cc1cccn2cc(COc3ccc(C(=O)N4CCCC(C(=O)N5CCOCC5)C4)cc3)nc12. The van der Waals surface area contributed by atoms with E-state index in [1.165, 1.54) is 0 Å². The smallest absolute Gasteiger partial charge is 0.253 e. The minimum Gasteiger partial charge on any atom is -0.487 e. The van der Waals surface area contributed by atoms with Crippen molar-refractivity contribution in [1.29, 1.82) is 0 Å². The number of rotatable bonds is 5. The summed E-state index contributed by atoms with van der Waals surface area (Å²) in [5, 5.41) is 0. The Balaban J connectivity index is 1.18. The van der Waals surface area contributed by atoms with E-state index in [9.17, 15) is 9.59 Å². The lowest BCUT2D eigenvalue weighted by atomic mass is 9.95. The van der Waals surface area contributed by atoms with E-state index < -0.39 is 0 Å². The maximum Gasteiger partial charge on any atom is 0.253 e. The number of hydrogen-bond acceptors (Lipinski definition) is 5. The molecule has 8 heteroatoms. The third-order valence-electron chi connectivity index (χ3n) is 6.60. The second kappa shape index (κ2) is 9.85. The van der Waals surface area contributed by atoms with Crippen LogP contribution < -0.4 is 4.74 Å². The highest BCUT2D eigenvalue weighted by Crippen LogP contribution is 2.22. The number of imidazole rings is 1. The number of pyridine rings is 1. The van der Waals surface area contributed by atoms with Crippen LogP contribution in [0.1, 0.15) is 34.5 Å². The number of carbonyl (C=O) groups excluding carboxylic acids is 2. The Bertz CT molecular complexity index is 1170. The summed E-state index contributed by atoms with van der Waals surface area (Å²) < 4.78 is 13.2. The van der Waals surface area contributed by atoms with Crippen molar-refractivity contribution in [2.45, 2.75) is 26.4 Å². The van der Waals surface area contributed by atoms with E-state index in [4.69, 9.17) is 9.47 Å². The van der Waals surface area contributed by atoms with Crippen molar-refractivity contribution in [2.75, 3.05) is 39.4 Å². The van der Waals surface area contributed by atoms with Gasteiger partial charge in [0.25, 0.3) is 5.91 Å². The third kappa shape index (κ3) is 4.77. The molecule has 2 saturated heterocycles. The number of benzene rings is 1. The second-order valence-electron chi connectivity index (χ2n) is 9.00. The maximum atomic E-state index is 13.1. The molecule has 8 nitrogen and oxygen atoms in total. The first-order chi connectivity index (χ1) is 16.6. The molecule has 3 aromatic rings. The third-order valence-corrected chi connectivity index (χ3v) is 6.60. The lowest BCUT2D eigenvalue weighted by Gasteiger charge is -2.36. The average molecular weight is 463 g/mol. The highest BCUT2D eigenvalue weighted by atomic mass is 16.5. The minimum absolute atomic E-state index is 0.0400. The van der Waals surface area contributed by atoms with Crippen LogP contribution in [0, 0.1) is 12.8 Å². The summed E-state index contributed by atoms with van der Waals surface area (Å²) >= 11 is 0. The number of fused-ring (bicyclic) bond motifs is 1. The first-order valence-corrected chi connectivity index (χ1v) is 11.9. The fourth-order valence-electron chi connectivity index (χ4n) is 4.71. The van der Waals surface area contributed by atoms with E-state index in [-0.39, 0.29) is 17.7 Å². The van der Waals surface area contributed by atoms with Gasteiger partial charge in [-0.15, -0.1) is 0 Å². The first-order valence-electron chi connectivity index (χ1n) is 11.9. The van der Waals surface area contributed by atoms with Crippen LogP contribution in [0.3, 0.4) is 0 Å². The molecule has 1 aromatic carbocycles. The number of likely N-dealkylation sites (tertiary alicyclic amines) is 1. The number of aryl methyl sites for hydroxylation is 1. The van der Waals surface area contributed by atoms with Gasteiger partial charge >= 0.3 is 0 Å². The Kier molecular flexibility index (Phi) is 6.49. The first kappa shape index (κ1) is 22.4. The monoisotopic (exact) mass is 462 g/mol. The van der Waals surface area contributed by atoms with Crippen LogP contribution in [0.25, 0.3) is 5.65 Å². The van der Waals surface area contributed by atoms with Crippen LogP contribution in [-0.4, -0.2) is 70.4 Å². The van der Waals surface area contributed by atoms with E-state index in [1.54, 1.807) is 17.0 Å². The standard InChI is InChI=1S/C26H30N4O4/c1-19-4-2-10-29-17-22(27-24(19)29)18-34-23-8-6-20(7-9-23)25(31)30-11-3-5-21(16-30)26(32)28-12-14-33-15-13-28/h2,4,6-10,17,21H,3,5,11-16,18H2,1H3. The molecule has 0 bridgehead atoms. The number of nitrogens with zero attached hydrogens (tertiary/aromatic N) is 4. The summed E-state index contributed by atoms with van der Waals surface area (Å²) in [6, 6.07) is 11.2. The van der Waals surface area contributed by atoms with Gasteiger partial charge in [0, 0.05) is 44.1 Å². The van der Waals surface area contributed by atoms with Crippen LogP contribution in [0.15, 0.2) is 48.8 Å². The Morgan fingerprint density at radius 2 is 1.88 bits per heavy atom. The number of ether oxygens (including phenoxy) is 2. The zero-order chi connectivity index (χ0) is 23.5. The molecule has 1 unspecified atom stereocenters. The van der Waals surface area contributed by atoms with Gasteiger partial charge in [-0.3, -0.25) is 9.59 Å². The van der Waals surface area contributed by atoms with Gasteiger partial charge in [0.1, 0.15) is 18.0 Å². The highest BCUT2D eigenvalue weighted by Gasteiger charge is 2.32. The molecular weight excluding hydrogens is 432 g/mol. The van der Waals surface area contributed by atoms with Crippen LogP contribution in [0.4, 0.5) is 0 Å². The number of piperidine rings is 1. The quantitative estimate of drug-likeness (QED) is 0.583. The molecule has 1 atom stereocenters. The molecule has 2 amide bonds. The number of aromatic nitrogens is 2. The zero-order valence-electron chi connectivity index (χ0n) is 19.5. The Morgan fingerprint density at radius 3 is 2.65 bits per heavy atom. The molecule has 0 saturated carbocycles. The lowest BCUT2D eigenvalue weighted by molar-refractivity contribution is -0.141. The van der Waals surface area contributed by atoms with Gasteiger partial charge in [0.05, 0.1) is 24.8 Å². The molecule has 2 aromatic heterocycles. The summed E-state index contributed by atoms with van der Waals surface area (Å²) in [7, 11) is 0. The zero-order valence-corrected chi connectivity index (χ0v) is 19.5. The van der Waals surface area contributed by atoms with Crippen molar-refractivity contribution >= 4 is 17.5 Å². The van der Waals surface area contributed by atoms with E-state index in [1.807, 2.05) is 52.9 Å². The number of hydrogen-bond donors (Lipinski definition) is 0. The fraction of sp³-hybridized carbons (Fsp3) is 0.423. The molecule has 0 N–H and O–H groups in total. The van der Waals surface area contributed by atoms with Gasteiger partial charge in [-0.2, -0.15) is 0 Å². The van der Waals surface area contributed by atoms with Crippen molar-refractivity contribution in [3.8, 4) is 5.75 Å². The summed E-state index contributed by atoms with van der Waals surface area (Å²) in [4.78, 5) is 34.3. The molecule has 34 heavy (non-hydrogen) atoms. The molecule has 2 aliphatic rings. The highest BCUT2D eigenvalue weighted by molar-refractivity contribution is 5.94. The largest absolute Gasteiger partial charge is 0.487 e. The van der Waals surface area contributed by atoms with Crippen LogP contribution >= 0.6 is 0 Å². The summed E-state index contributed by atoms with van der Waals surface area (Å²) in [5.74, 6) is 0.658. The van der Waals surface area contributed by atoms with Gasteiger partial charge in [-0.05, 0) is 55.7 Å². The van der Waals surface area contributed by atoms with Crippen LogP contribution in [-0.2, 0) is 16.1 Å². The van der Waals surface area contributed by atoms with Gasteiger partial charge in [0.15, 0.2) is 0 Å². The molecule has 2 aliphatic heterocycles. The second-order valence-corrected chi connectivity index (χ2v) is 9.00. The number of morpholine rings is 1. The van der Waals surface area contributed by atoms with E-state index in [2.05, 4.69) is 4.98 Å². The molecule has 4 heterocycles. The Labute approximate surface area is 199 Å². The lowest BCUT2D eigenvalue weighted by Crippen LogP contribution is -2.49. The molecule has 0 aliphatic carbocycles. The van der Waals surface area contributed by atoms with Gasteiger partial charge in [-0.1, -0.05) is 6.07 Å². The summed E-state index contributed by atoms with van der Waals surface area (Å²) in [5.41, 5.74) is 3.49. The van der Waals surface area contributed by atoms with Crippen molar-refractivity contribution in [3.63, 3.8) is 0 Å². The Morgan fingerprint density at radius 1 is 1.09 bits per heavy atom. The van der Waals surface area contributed by atoms with Crippen molar-refractivity contribution in [3.05, 3.63) is 65.6 Å². The van der Waals surface area contributed by atoms with E-state index >= 15 is 0 Å². The summed E-state index contributed by atoms with van der Waals surface area (Å²) in [6.07, 6.45) is 5.60. The van der Waals surface area contributed by atoms with Gasteiger partial charge < -0.3 is 23.7 Å². The van der Waals surface area contributed by atoms with Gasteiger partial charge in [0.2, 0.25) is 5.91 Å². The van der Waals surface area contributed by atoms with Crippen LogP contribution in [0.5, 0.6) is 5.75 Å². The fourth-order valence-corrected chi connectivity index (χ4v) is 4.71. The predicted octanol–water partition coefficient (Wildman–Crippen LogP) is 2.93. The average Bonchev–Trinajstić information content (AvgIpc) is 3.32. The molecule has 2 fully saturated rings. The number of amides is 2. The molecule has 0 spiro atoms. The Hall–Kier alpha value is -3.39. The number of carbonyl (C=O) groups is 2.